The van der Waals surface area contributed by atoms with Gasteiger partial charge in [0.15, 0.2) is 0 Å². The standard InChI is InChI=1S/C21H16FN3O2/c1-14-10-17(11-18(13-23)16-4-3-5-19(22)12-16)15(2)24(14)20-6-8-21(9-7-20)25(26)27/h3-12H,1-2H3/b18-11+. The van der Waals surface area contributed by atoms with Gasteiger partial charge in [-0.2, -0.15) is 5.26 Å². The number of aromatic nitrogens is 1. The first-order valence-electron chi connectivity index (χ1n) is 8.22. The van der Waals surface area contributed by atoms with Crippen molar-refractivity contribution in [3.8, 4) is 11.8 Å². The number of nitro groups is 1. The summed E-state index contributed by atoms with van der Waals surface area (Å²) < 4.78 is 15.4. The van der Waals surface area contributed by atoms with E-state index in [1.165, 1.54) is 24.3 Å². The Morgan fingerprint density at radius 3 is 2.48 bits per heavy atom. The molecule has 2 aromatic carbocycles. The molecule has 0 aliphatic heterocycles. The van der Waals surface area contributed by atoms with Gasteiger partial charge in [0, 0.05) is 29.2 Å². The van der Waals surface area contributed by atoms with Crippen LogP contribution in [0.3, 0.4) is 0 Å². The summed E-state index contributed by atoms with van der Waals surface area (Å²) in [5.41, 5.74) is 4.32. The molecule has 3 aromatic rings. The van der Waals surface area contributed by atoms with Crippen molar-refractivity contribution in [3.05, 3.63) is 93.0 Å². The van der Waals surface area contributed by atoms with Crippen LogP contribution in [-0.2, 0) is 0 Å². The van der Waals surface area contributed by atoms with Gasteiger partial charge >= 0.3 is 0 Å². The molecule has 0 N–H and O–H groups in total. The van der Waals surface area contributed by atoms with Gasteiger partial charge in [0.2, 0.25) is 0 Å². The van der Waals surface area contributed by atoms with Crippen molar-refractivity contribution >= 4 is 17.3 Å². The minimum absolute atomic E-state index is 0.0270. The van der Waals surface area contributed by atoms with Gasteiger partial charge in [-0.25, -0.2) is 4.39 Å². The normalized spacial score (nSPS) is 11.3. The maximum absolute atomic E-state index is 13.5. The van der Waals surface area contributed by atoms with E-state index in [4.69, 9.17) is 0 Å². The molecule has 0 amide bonds. The quantitative estimate of drug-likeness (QED) is 0.364. The van der Waals surface area contributed by atoms with Crippen LogP contribution in [0.2, 0.25) is 0 Å². The number of allylic oxidation sites excluding steroid dienone is 1. The van der Waals surface area contributed by atoms with E-state index < -0.39 is 10.7 Å². The molecule has 0 saturated carbocycles. The predicted molar refractivity (Wildman–Crippen MR) is 102 cm³/mol. The van der Waals surface area contributed by atoms with Crippen LogP contribution in [0, 0.1) is 41.1 Å². The van der Waals surface area contributed by atoms with Gasteiger partial charge in [-0.1, -0.05) is 12.1 Å². The van der Waals surface area contributed by atoms with Gasteiger partial charge in [-0.15, -0.1) is 0 Å². The second-order valence-electron chi connectivity index (χ2n) is 6.12. The third-order valence-electron chi connectivity index (χ3n) is 4.34. The van der Waals surface area contributed by atoms with Crippen LogP contribution in [-0.4, -0.2) is 9.49 Å². The molecule has 0 aliphatic rings. The summed E-state index contributed by atoms with van der Waals surface area (Å²) in [5.74, 6) is -0.398. The van der Waals surface area contributed by atoms with E-state index >= 15 is 0 Å². The lowest BCUT2D eigenvalue weighted by Crippen LogP contribution is -1.99. The smallest absolute Gasteiger partial charge is 0.269 e. The second-order valence-corrected chi connectivity index (χ2v) is 6.12. The molecule has 0 bridgehead atoms. The van der Waals surface area contributed by atoms with Crippen LogP contribution < -0.4 is 0 Å². The van der Waals surface area contributed by atoms with Gasteiger partial charge in [0.1, 0.15) is 5.82 Å². The summed E-state index contributed by atoms with van der Waals surface area (Å²) in [6.45, 7) is 3.82. The first-order valence-corrected chi connectivity index (χ1v) is 8.22. The van der Waals surface area contributed by atoms with Gasteiger partial charge in [-0.05, 0) is 61.4 Å². The van der Waals surface area contributed by atoms with Gasteiger partial charge in [0.25, 0.3) is 5.69 Å². The molecule has 27 heavy (non-hydrogen) atoms. The minimum atomic E-state index is -0.439. The van der Waals surface area contributed by atoms with E-state index in [-0.39, 0.29) is 5.69 Å². The number of halogens is 1. The molecule has 6 heteroatoms. The number of hydrogen-bond donors (Lipinski definition) is 0. The highest BCUT2D eigenvalue weighted by Crippen LogP contribution is 2.26. The summed E-state index contributed by atoms with van der Waals surface area (Å²) in [5, 5.41) is 20.3. The van der Waals surface area contributed by atoms with Crippen molar-refractivity contribution in [2.75, 3.05) is 0 Å². The van der Waals surface area contributed by atoms with Crippen LogP contribution in [0.1, 0.15) is 22.5 Å². The Hall–Kier alpha value is -3.72. The van der Waals surface area contributed by atoms with Crippen molar-refractivity contribution in [2.45, 2.75) is 13.8 Å². The molecule has 1 aromatic heterocycles. The van der Waals surface area contributed by atoms with Gasteiger partial charge in [-0.3, -0.25) is 10.1 Å². The van der Waals surface area contributed by atoms with Crippen LogP contribution in [0.15, 0.2) is 54.6 Å². The monoisotopic (exact) mass is 361 g/mol. The maximum Gasteiger partial charge on any atom is 0.269 e. The maximum atomic E-state index is 13.5. The highest BCUT2D eigenvalue weighted by atomic mass is 19.1. The Labute approximate surface area is 155 Å². The number of nitro benzene ring substituents is 1. The molecule has 0 radical (unpaired) electrons. The zero-order valence-corrected chi connectivity index (χ0v) is 14.8. The fourth-order valence-corrected chi connectivity index (χ4v) is 3.05. The number of non-ortho nitro benzene ring substituents is 1. The first-order chi connectivity index (χ1) is 12.9. The molecule has 0 saturated heterocycles. The Morgan fingerprint density at radius 1 is 1.19 bits per heavy atom. The zero-order valence-electron chi connectivity index (χ0n) is 14.8. The molecule has 0 atom stereocenters. The molecule has 1 heterocycles. The number of aryl methyl sites for hydroxylation is 1. The highest BCUT2D eigenvalue weighted by molar-refractivity contribution is 5.90. The molecule has 3 rings (SSSR count). The van der Waals surface area contributed by atoms with Crippen molar-refractivity contribution in [1.82, 2.24) is 4.57 Å². The molecule has 0 spiro atoms. The third kappa shape index (κ3) is 3.62. The molecule has 0 fully saturated rings. The van der Waals surface area contributed by atoms with Crippen LogP contribution in [0.4, 0.5) is 10.1 Å². The van der Waals surface area contributed by atoms with E-state index in [0.29, 0.717) is 11.1 Å². The van der Waals surface area contributed by atoms with Crippen LogP contribution in [0.25, 0.3) is 17.3 Å². The molecule has 0 aliphatic carbocycles. The molecule has 5 nitrogen and oxygen atoms in total. The summed E-state index contributed by atoms with van der Waals surface area (Å²) in [6, 6.07) is 16.2. The summed E-state index contributed by atoms with van der Waals surface area (Å²) in [4.78, 5) is 10.4. The van der Waals surface area contributed by atoms with Crippen molar-refractivity contribution in [1.29, 1.82) is 5.26 Å². The van der Waals surface area contributed by atoms with Gasteiger partial charge < -0.3 is 4.57 Å². The summed E-state index contributed by atoms with van der Waals surface area (Å²) in [7, 11) is 0. The minimum Gasteiger partial charge on any atom is -0.318 e. The lowest BCUT2D eigenvalue weighted by atomic mass is 10.0. The number of nitriles is 1. The Bertz CT molecular complexity index is 1090. The Balaban J connectivity index is 2.05. The highest BCUT2D eigenvalue weighted by Gasteiger charge is 2.12. The Morgan fingerprint density at radius 2 is 1.89 bits per heavy atom. The number of rotatable bonds is 4. The lowest BCUT2D eigenvalue weighted by molar-refractivity contribution is -0.384. The number of nitrogens with zero attached hydrogens (tertiary/aromatic N) is 3. The molecule has 0 unspecified atom stereocenters. The van der Waals surface area contributed by atoms with E-state index in [1.807, 2.05) is 24.5 Å². The van der Waals surface area contributed by atoms with E-state index in [1.54, 1.807) is 30.3 Å². The number of benzene rings is 2. The van der Waals surface area contributed by atoms with Crippen molar-refractivity contribution < 1.29 is 9.31 Å². The second kappa shape index (κ2) is 7.26. The average Bonchev–Trinajstić information content (AvgIpc) is 2.93. The van der Waals surface area contributed by atoms with E-state index in [2.05, 4.69) is 6.07 Å². The number of hydrogen-bond acceptors (Lipinski definition) is 3. The molecular weight excluding hydrogens is 345 g/mol. The fraction of sp³-hybridized carbons (Fsp3) is 0.0952. The average molecular weight is 361 g/mol. The molecular formula is C21H16FN3O2. The zero-order chi connectivity index (χ0) is 19.6. The third-order valence-corrected chi connectivity index (χ3v) is 4.34. The van der Waals surface area contributed by atoms with Crippen LogP contribution in [0.5, 0.6) is 0 Å². The SMILES string of the molecule is Cc1cc(/C=C(\C#N)c2cccc(F)c2)c(C)n1-c1ccc([N+](=O)[O-])cc1. The van der Waals surface area contributed by atoms with Crippen LogP contribution >= 0.6 is 0 Å². The van der Waals surface area contributed by atoms with Gasteiger partial charge in [0.05, 0.1) is 16.6 Å². The largest absolute Gasteiger partial charge is 0.318 e. The van der Waals surface area contributed by atoms with E-state index in [0.717, 1.165) is 22.6 Å². The predicted octanol–water partition coefficient (Wildman–Crippen LogP) is 5.21. The first kappa shape index (κ1) is 18.1. The van der Waals surface area contributed by atoms with Crippen molar-refractivity contribution in [2.24, 2.45) is 0 Å². The topological polar surface area (TPSA) is 71.9 Å². The van der Waals surface area contributed by atoms with Crippen molar-refractivity contribution in [3.63, 3.8) is 0 Å². The Kier molecular flexibility index (Phi) is 4.86. The lowest BCUT2D eigenvalue weighted by Gasteiger charge is -2.09. The summed E-state index contributed by atoms with van der Waals surface area (Å²) >= 11 is 0. The molecule has 134 valence electrons. The summed E-state index contributed by atoms with van der Waals surface area (Å²) in [6.07, 6.45) is 1.72. The van der Waals surface area contributed by atoms with E-state index in [9.17, 15) is 19.8 Å². The fourth-order valence-electron chi connectivity index (χ4n) is 3.05.